The van der Waals surface area contributed by atoms with E-state index in [1.807, 2.05) is 59.1 Å². The highest BCUT2D eigenvalue weighted by Gasteiger charge is 2.28. The van der Waals surface area contributed by atoms with Crippen molar-refractivity contribution in [2.45, 2.75) is 70.9 Å². The van der Waals surface area contributed by atoms with Crippen molar-refractivity contribution in [1.29, 1.82) is 0 Å². The largest absolute Gasteiger partial charge is 0.466 e. The molecule has 7 nitrogen and oxygen atoms in total. The third-order valence-corrected chi connectivity index (χ3v) is 5.97. The summed E-state index contributed by atoms with van der Waals surface area (Å²) in [6, 6.07) is 10.1. The molecule has 0 aliphatic carbocycles. The Morgan fingerprint density at radius 1 is 1.12 bits per heavy atom. The summed E-state index contributed by atoms with van der Waals surface area (Å²) in [5.74, 6) is 0.0176. The van der Waals surface area contributed by atoms with E-state index in [4.69, 9.17) is 4.74 Å². The van der Waals surface area contributed by atoms with Crippen LogP contribution in [0.5, 0.6) is 0 Å². The van der Waals surface area contributed by atoms with E-state index >= 15 is 0 Å². The molecule has 1 aromatic heterocycles. The average Bonchev–Trinajstić information content (AvgIpc) is 3.41. The molecule has 2 heterocycles. The monoisotopic (exact) mass is 465 g/mol. The molecule has 2 aromatic rings. The van der Waals surface area contributed by atoms with E-state index in [1.165, 1.54) is 0 Å². The molecule has 1 fully saturated rings. The number of carbonyl (C=O) groups is 3. The molecular formula is C27H35N3O4. The van der Waals surface area contributed by atoms with Crippen LogP contribution in [0.4, 0.5) is 0 Å². The highest BCUT2D eigenvalue weighted by Crippen LogP contribution is 2.21. The van der Waals surface area contributed by atoms with Gasteiger partial charge in [0.05, 0.1) is 25.4 Å². The van der Waals surface area contributed by atoms with Gasteiger partial charge in [-0.3, -0.25) is 19.1 Å². The third-order valence-electron chi connectivity index (χ3n) is 5.97. The number of ketones is 1. The molecule has 1 saturated heterocycles. The van der Waals surface area contributed by atoms with Gasteiger partial charge in [0, 0.05) is 32.0 Å². The third kappa shape index (κ3) is 8.28. The Bertz CT molecular complexity index is 967. The summed E-state index contributed by atoms with van der Waals surface area (Å²) in [5, 5.41) is 4.36. The highest BCUT2D eigenvalue weighted by atomic mass is 16.5. The zero-order valence-electron chi connectivity index (χ0n) is 20.0. The lowest BCUT2D eigenvalue weighted by molar-refractivity contribution is -0.143. The fraction of sp³-hybridized carbons (Fsp3) is 0.481. The van der Waals surface area contributed by atoms with Crippen LogP contribution in [0.25, 0.3) is 0 Å². The van der Waals surface area contributed by atoms with Gasteiger partial charge in [0.1, 0.15) is 0 Å². The second-order valence-electron chi connectivity index (χ2n) is 8.70. The number of ether oxygens (including phenoxy) is 1. The maximum atomic E-state index is 12.5. The van der Waals surface area contributed by atoms with Crippen LogP contribution >= 0.6 is 0 Å². The van der Waals surface area contributed by atoms with Gasteiger partial charge in [-0.15, -0.1) is 0 Å². The number of benzene rings is 1. The Balaban J connectivity index is 1.40. The molecule has 1 aliphatic heterocycles. The Morgan fingerprint density at radius 3 is 2.71 bits per heavy atom. The summed E-state index contributed by atoms with van der Waals surface area (Å²) in [5.41, 5.74) is 2.04. The zero-order valence-corrected chi connectivity index (χ0v) is 20.0. The molecule has 0 saturated carbocycles. The summed E-state index contributed by atoms with van der Waals surface area (Å²) in [6.45, 7) is 3.59. The number of allylic oxidation sites excluding steroid dienone is 1. The summed E-state index contributed by atoms with van der Waals surface area (Å²) >= 11 is 0. The van der Waals surface area contributed by atoms with Crippen LogP contribution in [0.1, 0.15) is 63.0 Å². The van der Waals surface area contributed by atoms with Crippen LogP contribution < -0.4 is 0 Å². The Labute approximate surface area is 201 Å². The SMILES string of the molecule is CCOC(=O)CCCCCCN1C(=O)CC[C@@H]1/C=C/C(=O)Cc1cnn(Cc2ccccc2)c1. The van der Waals surface area contributed by atoms with Crippen molar-refractivity contribution < 1.29 is 19.1 Å². The molecular weight excluding hydrogens is 430 g/mol. The van der Waals surface area contributed by atoms with Crippen molar-refractivity contribution in [2.75, 3.05) is 13.2 Å². The van der Waals surface area contributed by atoms with Gasteiger partial charge >= 0.3 is 5.97 Å². The number of carbonyl (C=O) groups excluding carboxylic acids is 3. The van der Waals surface area contributed by atoms with Crippen molar-refractivity contribution in [1.82, 2.24) is 14.7 Å². The van der Waals surface area contributed by atoms with Crippen molar-refractivity contribution >= 4 is 17.7 Å². The van der Waals surface area contributed by atoms with E-state index in [9.17, 15) is 14.4 Å². The first kappa shape index (κ1) is 25.4. The van der Waals surface area contributed by atoms with Gasteiger partial charge in [-0.1, -0.05) is 49.2 Å². The molecule has 34 heavy (non-hydrogen) atoms. The molecule has 0 spiro atoms. The highest BCUT2D eigenvalue weighted by molar-refractivity contribution is 5.91. The van der Waals surface area contributed by atoms with E-state index in [2.05, 4.69) is 5.10 Å². The molecule has 0 radical (unpaired) electrons. The molecule has 1 atom stereocenters. The Morgan fingerprint density at radius 2 is 1.91 bits per heavy atom. The van der Waals surface area contributed by atoms with Gasteiger partial charge < -0.3 is 9.64 Å². The molecule has 1 aromatic carbocycles. The normalized spacial score (nSPS) is 15.9. The van der Waals surface area contributed by atoms with Crippen molar-refractivity contribution in [2.24, 2.45) is 0 Å². The number of esters is 1. The predicted octanol–water partition coefficient (Wildman–Crippen LogP) is 4.10. The molecule has 0 N–H and O–H groups in total. The first-order valence-electron chi connectivity index (χ1n) is 12.3. The van der Waals surface area contributed by atoms with Crippen LogP contribution in [-0.2, 0) is 32.1 Å². The van der Waals surface area contributed by atoms with Crippen molar-refractivity contribution in [3.05, 3.63) is 66.0 Å². The second-order valence-corrected chi connectivity index (χ2v) is 8.70. The van der Waals surface area contributed by atoms with Crippen molar-refractivity contribution in [3.63, 3.8) is 0 Å². The maximum Gasteiger partial charge on any atom is 0.305 e. The van der Waals surface area contributed by atoms with Gasteiger partial charge in [-0.2, -0.15) is 5.10 Å². The smallest absolute Gasteiger partial charge is 0.305 e. The molecule has 1 amide bonds. The van der Waals surface area contributed by atoms with Crippen molar-refractivity contribution in [3.8, 4) is 0 Å². The van der Waals surface area contributed by atoms with Crippen LogP contribution in [-0.4, -0.2) is 51.5 Å². The summed E-state index contributed by atoms with van der Waals surface area (Å²) in [6.07, 6.45) is 12.8. The lowest BCUT2D eigenvalue weighted by Crippen LogP contribution is -2.32. The van der Waals surface area contributed by atoms with E-state index in [1.54, 1.807) is 12.3 Å². The van der Waals surface area contributed by atoms with Gasteiger partial charge in [-0.25, -0.2) is 0 Å². The Kier molecular flexibility index (Phi) is 10.1. The lowest BCUT2D eigenvalue weighted by Gasteiger charge is -2.22. The fourth-order valence-electron chi connectivity index (χ4n) is 4.22. The van der Waals surface area contributed by atoms with Gasteiger partial charge in [0.2, 0.25) is 5.91 Å². The number of unbranched alkanes of at least 4 members (excludes halogenated alkanes) is 3. The van der Waals surface area contributed by atoms with Gasteiger partial charge in [0.15, 0.2) is 5.78 Å². The molecule has 182 valence electrons. The Hall–Kier alpha value is -3.22. The van der Waals surface area contributed by atoms with E-state index in [0.29, 0.717) is 39.0 Å². The minimum atomic E-state index is -0.143. The summed E-state index contributed by atoms with van der Waals surface area (Å²) in [4.78, 5) is 38.0. The number of hydrogen-bond acceptors (Lipinski definition) is 5. The molecule has 0 unspecified atom stereocenters. The van der Waals surface area contributed by atoms with E-state index < -0.39 is 0 Å². The van der Waals surface area contributed by atoms with E-state index in [-0.39, 0.29) is 23.7 Å². The first-order chi connectivity index (χ1) is 16.5. The molecule has 0 bridgehead atoms. The topological polar surface area (TPSA) is 81.5 Å². The minimum absolute atomic E-state index is 0.0116. The molecule has 3 rings (SSSR count). The predicted molar refractivity (Wildman–Crippen MR) is 130 cm³/mol. The number of rotatable bonds is 14. The number of nitrogens with zero attached hydrogens (tertiary/aromatic N) is 3. The standard InChI is InChI=1S/C27H35N3O4/c1-2-34-27(33)12-8-3-4-9-17-30-24(14-16-26(30)32)13-15-25(31)18-23-19-28-29(21-23)20-22-10-6-5-7-11-22/h5-7,10-11,13,15,19,21,24H,2-4,8-9,12,14,16-18,20H2,1H3/b15-13+/t24-/m0/s1. The second kappa shape index (κ2) is 13.5. The van der Waals surface area contributed by atoms with Crippen LogP contribution in [0.3, 0.4) is 0 Å². The first-order valence-corrected chi connectivity index (χ1v) is 12.3. The van der Waals surface area contributed by atoms with Crippen LogP contribution in [0, 0.1) is 0 Å². The van der Waals surface area contributed by atoms with Crippen LogP contribution in [0.2, 0.25) is 0 Å². The fourth-order valence-corrected chi connectivity index (χ4v) is 4.22. The zero-order chi connectivity index (χ0) is 24.2. The number of hydrogen-bond donors (Lipinski definition) is 0. The van der Waals surface area contributed by atoms with Crippen LogP contribution in [0.15, 0.2) is 54.9 Å². The quantitative estimate of drug-likeness (QED) is 0.238. The molecule has 1 aliphatic rings. The van der Waals surface area contributed by atoms with E-state index in [0.717, 1.165) is 43.2 Å². The van der Waals surface area contributed by atoms with Gasteiger partial charge in [-0.05, 0) is 43.4 Å². The lowest BCUT2D eigenvalue weighted by atomic mass is 10.1. The average molecular weight is 466 g/mol. The van der Waals surface area contributed by atoms with Gasteiger partial charge in [0.25, 0.3) is 0 Å². The summed E-state index contributed by atoms with van der Waals surface area (Å²) < 4.78 is 6.77. The summed E-state index contributed by atoms with van der Waals surface area (Å²) in [7, 11) is 0. The minimum Gasteiger partial charge on any atom is -0.466 e. The maximum absolute atomic E-state index is 12.5. The molecule has 7 heteroatoms. The number of likely N-dealkylation sites (tertiary alicyclic amines) is 1. The number of aromatic nitrogens is 2. The number of amides is 1.